The highest BCUT2D eigenvalue weighted by atomic mass is 32.2. The summed E-state index contributed by atoms with van der Waals surface area (Å²) in [4.78, 5) is 49.3. The number of urea groups is 1. The molecule has 0 aliphatic carbocycles. The molecule has 0 saturated carbocycles. The molecule has 29 heavy (non-hydrogen) atoms. The molecule has 0 fully saturated rings. The lowest BCUT2D eigenvalue weighted by Gasteiger charge is -2.26. The van der Waals surface area contributed by atoms with Crippen molar-refractivity contribution in [2.24, 2.45) is 0 Å². The smallest absolute Gasteiger partial charge is 0.338 e. The molecule has 3 N–H and O–H groups in total. The van der Waals surface area contributed by atoms with Crippen molar-refractivity contribution < 1.29 is 28.7 Å². The number of benzene rings is 1. The first-order valence-electron chi connectivity index (χ1n) is 9.09. The molecule has 0 unspecified atom stereocenters. The number of anilines is 1. The van der Waals surface area contributed by atoms with Crippen LogP contribution in [0.3, 0.4) is 0 Å². The first-order chi connectivity index (χ1) is 13.9. The van der Waals surface area contributed by atoms with Gasteiger partial charge in [0.15, 0.2) is 0 Å². The van der Waals surface area contributed by atoms with Crippen LogP contribution >= 0.6 is 11.8 Å². The van der Waals surface area contributed by atoms with E-state index in [1.54, 1.807) is 19.9 Å². The third-order valence-corrected chi connectivity index (χ3v) is 5.58. The zero-order chi connectivity index (χ0) is 21.0. The van der Waals surface area contributed by atoms with Crippen molar-refractivity contribution in [2.45, 2.75) is 36.5 Å². The molecule has 1 aromatic rings. The molecule has 9 nitrogen and oxygen atoms in total. The number of amides is 3. The van der Waals surface area contributed by atoms with Crippen LogP contribution in [0.2, 0.25) is 0 Å². The van der Waals surface area contributed by atoms with Crippen molar-refractivity contribution in [1.82, 2.24) is 10.6 Å². The van der Waals surface area contributed by atoms with Gasteiger partial charge in [0.05, 0.1) is 41.3 Å². The summed E-state index contributed by atoms with van der Waals surface area (Å²) in [6, 6.07) is 6.22. The van der Waals surface area contributed by atoms with Gasteiger partial charge in [-0.15, -0.1) is 11.8 Å². The number of ether oxygens (including phenoxy) is 2. The SMILES string of the molecule is CCOC(=O)C1=C(COC(=O)C[C@H]2Sc3ccccc3NC2=O)NC(=O)N[C@@H]1C. The second-order valence-electron chi connectivity index (χ2n) is 6.39. The fraction of sp³-hybridized carbons (Fsp3) is 0.368. The Kier molecular flexibility index (Phi) is 6.42. The van der Waals surface area contributed by atoms with E-state index in [1.807, 2.05) is 18.2 Å². The number of hydrogen-bond donors (Lipinski definition) is 3. The van der Waals surface area contributed by atoms with Crippen LogP contribution in [0.1, 0.15) is 20.3 Å². The van der Waals surface area contributed by atoms with Crippen LogP contribution in [-0.2, 0) is 23.9 Å². The number of carbonyl (C=O) groups is 4. The lowest BCUT2D eigenvalue weighted by Crippen LogP contribution is -2.50. The topological polar surface area (TPSA) is 123 Å². The third-order valence-electron chi connectivity index (χ3n) is 4.30. The molecule has 0 saturated heterocycles. The first-order valence-corrected chi connectivity index (χ1v) is 9.96. The van der Waals surface area contributed by atoms with Gasteiger partial charge < -0.3 is 25.4 Å². The van der Waals surface area contributed by atoms with E-state index >= 15 is 0 Å². The number of rotatable bonds is 6. The van der Waals surface area contributed by atoms with Crippen LogP contribution in [0.15, 0.2) is 40.4 Å². The van der Waals surface area contributed by atoms with Gasteiger partial charge in [-0.05, 0) is 26.0 Å². The Hall–Kier alpha value is -3.01. The molecule has 0 bridgehead atoms. The Labute approximate surface area is 171 Å². The number of hydrogen-bond acceptors (Lipinski definition) is 7. The molecular weight excluding hydrogens is 398 g/mol. The summed E-state index contributed by atoms with van der Waals surface area (Å²) in [5.74, 6) is -1.49. The number of thioether (sulfide) groups is 1. The minimum absolute atomic E-state index is 0.144. The van der Waals surface area contributed by atoms with Gasteiger partial charge in [-0.3, -0.25) is 9.59 Å². The highest BCUT2D eigenvalue weighted by molar-refractivity contribution is 8.01. The maximum Gasteiger partial charge on any atom is 0.338 e. The lowest BCUT2D eigenvalue weighted by molar-refractivity contribution is -0.144. The van der Waals surface area contributed by atoms with Gasteiger partial charge in [0, 0.05) is 4.90 Å². The zero-order valence-corrected chi connectivity index (χ0v) is 16.8. The summed E-state index contributed by atoms with van der Waals surface area (Å²) in [7, 11) is 0. The number of esters is 2. The van der Waals surface area contributed by atoms with Crippen LogP contribution in [0.4, 0.5) is 10.5 Å². The van der Waals surface area contributed by atoms with Crippen LogP contribution in [0.5, 0.6) is 0 Å². The van der Waals surface area contributed by atoms with Gasteiger partial charge >= 0.3 is 18.0 Å². The average Bonchev–Trinajstić information content (AvgIpc) is 2.66. The molecule has 2 atom stereocenters. The van der Waals surface area contributed by atoms with Crippen molar-refractivity contribution in [3.8, 4) is 0 Å². The lowest BCUT2D eigenvalue weighted by atomic mass is 10.0. The summed E-state index contributed by atoms with van der Waals surface area (Å²) < 4.78 is 10.2. The van der Waals surface area contributed by atoms with E-state index < -0.39 is 29.3 Å². The van der Waals surface area contributed by atoms with Gasteiger partial charge in [0.1, 0.15) is 6.61 Å². The fourth-order valence-electron chi connectivity index (χ4n) is 2.98. The molecule has 0 aromatic heterocycles. The van der Waals surface area contributed by atoms with E-state index in [-0.39, 0.29) is 36.8 Å². The van der Waals surface area contributed by atoms with E-state index in [2.05, 4.69) is 16.0 Å². The Morgan fingerprint density at radius 1 is 1.14 bits per heavy atom. The van der Waals surface area contributed by atoms with Gasteiger partial charge in [0.25, 0.3) is 0 Å². The number of carbonyl (C=O) groups excluding carboxylic acids is 4. The minimum atomic E-state index is -0.627. The largest absolute Gasteiger partial charge is 0.463 e. The van der Waals surface area contributed by atoms with Gasteiger partial charge in [0.2, 0.25) is 5.91 Å². The van der Waals surface area contributed by atoms with Crippen LogP contribution in [-0.4, -0.2) is 48.4 Å². The maximum atomic E-state index is 12.3. The molecule has 1 aromatic carbocycles. The highest BCUT2D eigenvalue weighted by Crippen LogP contribution is 2.36. The average molecular weight is 419 g/mol. The molecule has 154 valence electrons. The molecule has 0 radical (unpaired) electrons. The number of para-hydroxylation sites is 1. The van der Waals surface area contributed by atoms with Gasteiger partial charge in [-0.1, -0.05) is 12.1 Å². The Morgan fingerprint density at radius 3 is 2.66 bits per heavy atom. The monoisotopic (exact) mass is 419 g/mol. The van der Waals surface area contributed by atoms with E-state index in [0.717, 1.165) is 4.90 Å². The quantitative estimate of drug-likeness (QED) is 0.598. The van der Waals surface area contributed by atoms with Crippen molar-refractivity contribution in [3.63, 3.8) is 0 Å². The molecule has 2 aliphatic heterocycles. The zero-order valence-electron chi connectivity index (χ0n) is 15.9. The predicted octanol–water partition coefficient (Wildman–Crippen LogP) is 1.55. The second-order valence-corrected chi connectivity index (χ2v) is 7.63. The number of fused-ring (bicyclic) bond motifs is 1. The summed E-state index contributed by atoms with van der Waals surface area (Å²) >= 11 is 1.29. The van der Waals surface area contributed by atoms with E-state index in [9.17, 15) is 19.2 Å². The molecule has 2 aliphatic rings. The summed E-state index contributed by atoms with van der Waals surface area (Å²) in [5.41, 5.74) is 1.07. The third kappa shape index (κ3) is 4.89. The molecule has 10 heteroatoms. The van der Waals surface area contributed by atoms with Crippen LogP contribution in [0, 0.1) is 0 Å². The molecular formula is C19H21N3O6S. The molecule has 3 rings (SSSR count). The summed E-state index contributed by atoms with van der Waals surface area (Å²) in [6.07, 6.45) is -0.144. The van der Waals surface area contributed by atoms with Crippen molar-refractivity contribution in [3.05, 3.63) is 35.5 Å². The fourth-order valence-corrected chi connectivity index (χ4v) is 4.08. The van der Waals surface area contributed by atoms with Crippen LogP contribution in [0.25, 0.3) is 0 Å². The second kappa shape index (κ2) is 8.99. The minimum Gasteiger partial charge on any atom is -0.463 e. The van der Waals surface area contributed by atoms with E-state index in [4.69, 9.17) is 9.47 Å². The van der Waals surface area contributed by atoms with E-state index in [1.165, 1.54) is 11.8 Å². The molecule has 3 amide bonds. The van der Waals surface area contributed by atoms with Crippen LogP contribution < -0.4 is 16.0 Å². The molecule has 2 heterocycles. The number of nitrogens with one attached hydrogen (secondary N) is 3. The van der Waals surface area contributed by atoms with Gasteiger partial charge in [-0.2, -0.15) is 0 Å². The van der Waals surface area contributed by atoms with E-state index in [0.29, 0.717) is 5.69 Å². The normalized spacial score (nSPS) is 20.8. The Bertz CT molecular complexity index is 884. The Morgan fingerprint density at radius 2 is 1.90 bits per heavy atom. The maximum absolute atomic E-state index is 12.3. The van der Waals surface area contributed by atoms with Crippen molar-refractivity contribution in [2.75, 3.05) is 18.5 Å². The highest BCUT2D eigenvalue weighted by Gasteiger charge is 2.32. The molecule has 0 spiro atoms. The van der Waals surface area contributed by atoms with Crippen molar-refractivity contribution >= 4 is 41.3 Å². The van der Waals surface area contributed by atoms with Gasteiger partial charge in [-0.25, -0.2) is 9.59 Å². The first kappa shape index (κ1) is 20.7. The predicted molar refractivity (Wildman–Crippen MR) is 105 cm³/mol. The summed E-state index contributed by atoms with van der Waals surface area (Å²) in [6.45, 7) is 3.17. The standard InChI is InChI=1S/C19H21N3O6S/c1-3-27-18(25)16-10(2)20-19(26)22-12(16)9-28-15(23)8-14-17(24)21-11-6-4-5-7-13(11)29-14/h4-7,10,14H,3,8-9H2,1-2H3,(H,21,24)(H2,20,22,26)/t10-,14-/m1/s1. The van der Waals surface area contributed by atoms with Crippen molar-refractivity contribution in [1.29, 1.82) is 0 Å². The Balaban J connectivity index is 1.64. The summed E-state index contributed by atoms with van der Waals surface area (Å²) in [5, 5.41) is 7.18.